The first kappa shape index (κ1) is 23.0. The monoisotopic (exact) mass is 486 g/mol. The predicted octanol–water partition coefficient (Wildman–Crippen LogP) is 4.23. The molecule has 0 unspecified atom stereocenters. The molecule has 0 spiro atoms. The standard InChI is InChI=1S/C24H27BrN2O4/c1-4-26(5-2)12-13-27-21(16-8-6-15(3)7-9-16)20(23(30)24(27)31)22(29)18-14-17(25)10-11-19(18)28/h6-11,14,21,28-29H,4-5,12-13H2,1-3H3/t21-/m1/s1. The number of hydrogen-bond donors (Lipinski definition) is 2. The van der Waals surface area contributed by atoms with Crippen molar-refractivity contribution in [2.24, 2.45) is 0 Å². The van der Waals surface area contributed by atoms with E-state index in [-0.39, 0.29) is 22.6 Å². The fourth-order valence-electron chi connectivity index (χ4n) is 3.84. The Morgan fingerprint density at radius 1 is 1.10 bits per heavy atom. The van der Waals surface area contributed by atoms with E-state index in [0.717, 1.165) is 24.2 Å². The zero-order valence-electron chi connectivity index (χ0n) is 17.9. The number of halogens is 1. The molecule has 6 nitrogen and oxygen atoms in total. The number of phenols is 1. The van der Waals surface area contributed by atoms with Gasteiger partial charge in [-0.25, -0.2) is 0 Å². The minimum atomic E-state index is -0.748. The van der Waals surface area contributed by atoms with Gasteiger partial charge in [-0.3, -0.25) is 9.59 Å². The highest BCUT2D eigenvalue weighted by atomic mass is 79.9. The molecule has 7 heteroatoms. The summed E-state index contributed by atoms with van der Waals surface area (Å²) < 4.78 is 0.634. The number of amides is 1. The van der Waals surface area contributed by atoms with Crippen LogP contribution in [0.25, 0.3) is 5.76 Å². The van der Waals surface area contributed by atoms with Gasteiger partial charge in [0.1, 0.15) is 11.5 Å². The molecule has 1 saturated heterocycles. The number of aromatic hydroxyl groups is 1. The van der Waals surface area contributed by atoms with Crippen molar-refractivity contribution in [3.63, 3.8) is 0 Å². The Morgan fingerprint density at radius 3 is 2.35 bits per heavy atom. The van der Waals surface area contributed by atoms with E-state index in [1.165, 1.54) is 17.0 Å². The van der Waals surface area contributed by atoms with Crippen LogP contribution in [-0.4, -0.2) is 57.9 Å². The van der Waals surface area contributed by atoms with Gasteiger partial charge in [-0.2, -0.15) is 0 Å². The second-order valence-corrected chi connectivity index (χ2v) is 8.51. The lowest BCUT2D eigenvalue weighted by Gasteiger charge is -2.28. The van der Waals surface area contributed by atoms with Crippen LogP contribution in [0.4, 0.5) is 0 Å². The summed E-state index contributed by atoms with van der Waals surface area (Å²) in [6, 6.07) is 11.4. The zero-order chi connectivity index (χ0) is 22.7. The van der Waals surface area contributed by atoms with Crippen molar-refractivity contribution in [2.75, 3.05) is 26.2 Å². The topological polar surface area (TPSA) is 81.1 Å². The lowest BCUT2D eigenvalue weighted by Crippen LogP contribution is -2.38. The number of benzene rings is 2. The third kappa shape index (κ3) is 4.67. The van der Waals surface area contributed by atoms with E-state index in [1.807, 2.05) is 45.0 Å². The van der Waals surface area contributed by atoms with E-state index < -0.39 is 17.7 Å². The van der Waals surface area contributed by atoms with E-state index in [1.54, 1.807) is 6.07 Å². The van der Waals surface area contributed by atoms with Crippen LogP contribution in [0, 0.1) is 6.92 Å². The van der Waals surface area contributed by atoms with Gasteiger partial charge in [0, 0.05) is 17.6 Å². The van der Waals surface area contributed by atoms with Crippen LogP contribution in [0.5, 0.6) is 5.75 Å². The molecular formula is C24H27BrN2O4. The molecule has 0 aromatic heterocycles. The summed E-state index contributed by atoms with van der Waals surface area (Å²) in [5.74, 6) is -1.94. The Balaban J connectivity index is 2.13. The van der Waals surface area contributed by atoms with Crippen molar-refractivity contribution in [1.82, 2.24) is 9.80 Å². The average molecular weight is 487 g/mol. The predicted molar refractivity (Wildman–Crippen MR) is 124 cm³/mol. The number of aryl methyl sites for hydroxylation is 1. The zero-order valence-corrected chi connectivity index (χ0v) is 19.5. The van der Waals surface area contributed by atoms with Crippen LogP contribution in [0.15, 0.2) is 52.5 Å². The minimum Gasteiger partial charge on any atom is -0.507 e. The summed E-state index contributed by atoms with van der Waals surface area (Å²) in [7, 11) is 0. The van der Waals surface area contributed by atoms with E-state index in [9.17, 15) is 19.8 Å². The summed E-state index contributed by atoms with van der Waals surface area (Å²) >= 11 is 3.32. The van der Waals surface area contributed by atoms with Gasteiger partial charge in [0.05, 0.1) is 17.2 Å². The van der Waals surface area contributed by atoms with Gasteiger partial charge < -0.3 is 20.0 Å². The van der Waals surface area contributed by atoms with Crippen molar-refractivity contribution in [2.45, 2.75) is 26.8 Å². The lowest BCUT2D eigenvalue weighted by molar-refractivity contribution is -0.140. The summed E-state index contributed by atoms with van der Waals surface area (Å²) in [6.07, 6.45) is 0. The van der Waals surface area contributed by atoms with Gasteiger partial charge in [-0.15, -0.1) is 0 Å². The highest BCUT2D eigenvalue weighted by Crippen LogP contribution is 2.41. The van der Waals surface area contributed by atoms with Crippen molar-refractivity contribution in [1.29, 1.82) is 0 Å². The normalized spacial score (nSPS) is 18.2. The molecule has 1 aliphatic heterocycles. The van der Waals surface area contributed by atoms with Crippen LogP contribution in [0.2, 0.25) is 0 Å². The molecule has 0 saturated carbocycles. The Hall–Kier alpha value is -2.64. The van der Waals surface area contributed by atoms with Crippen LogP contribution in [0.1, 0.15) is 36.6 Å². The van der Waals surface area contributed by atoms with Crippen molar-refractivity contribution in [3.05, 3.63) is 69.2 Å². The molecule has 3 rings (SSSR count). The number of rotatable bonds is 7. The number of likely N-dealkylation sites (tertiary alicyclic amines) is 1. The number of nitrogens with zero attached hydrogens (tertiary/aromatic N) is 2. The molecule has 1 atom stereocenters. The molecule has 1 fully saturated rings. The number of likely N-dealkylation sites (N-methyl/N-ethyl adjacent to an activating group) is 1. The maximum Gasteiger partial charge on any atom is 0.295 e. The van der Waals surface area contributed by atoms with Gasteiger partial charge in [-0.05, 0) is 43.8 Å². The minimum absolute atomic E-state index is 0.0122. The highest BCUT2D eigenvalue weighted by molar-refractivity contribution is 9.10. The molecule has 0 aliphatic carbocycles. The number of carbonyl (C=O) groups excluding carboxylic acids is 2. The van der Waals surface area contributed by atoms with Crippen LogP contribution >= 0.6 is 15.9 Å². The van der Waals surface area contributed by atoms with Crippen LogP contribution < -0.4 is 0 Å². The summed E-state index contributed by atoms with van der Waals surface area (Å²) in [5, 5.41) is 21.4. The second kappa shape index (κ2) is 9.66. The number of aliphatic hydroxyl groups excluding tert-OH is 1. The first-order chi connectivity index (χ1) is 14.8. The van der Waals surface area contributed by atoms with Crippen molar-refractivity contribution in [3.8, 4) is 5.75 Å². The molecule has 2 N–H and O–H groups in total. The SMILES string of the molecule is CCN(CC)CCN1C(=O)C(=O)C(=C(O)c2cc(Br)ccc2O)[C@H]1c1ccc(C)cc1. The number of carbonyl (C=O) groups is 2. The fraction of sp³-hybridized carbons (Fsp3) is 0.333. The van der Waals surface area contributed by atoms with Crippen molar-refractivity contribution >= 4 is 33.4 Å². The van der Waals surface area contributed by atoms with Gasteiger partial charge >= 0.3 is 0 Å². The van der Waals surface area contributed by atoms with Crippen LogP contribution in [-0.2, 0) is 9.59 Å². The first-order valence-corrected chi connectivity index (χ1v) is 11.1. The Bertz CT molecular complexity index is 1010. The largest absolute Gasteiger partial charge is 0.507 e. The van der Waals surface area contributed by atoms with Gasteiger partial charge in [0.25, 0.3) is 11.7 Å². The summed E-state index contributed by atoms with van der Waals surface area (Å²) in [4.78, 5) is 29.7. The molecule has 0 radical (unpaired) electrons. The van der Waals surface area contributed by atoms with Crippen molar-refractivity contribution < 1.29 is 19.8 Å². The summed E-state index contributed by atoms with van der Waals surface area (Å²) in [6.45, 7) is 8.69. The lowest BCUT2D eigenvalue weighted by atomic mass is 9.94. The number of aliphatic hydroxyl groups is 1. The molecule has 1 aliphatic rings. The number of hydrogen-bond acceptors (Lipinski definition) is 5. The van der Waals surface area contributed by atoms with Gasteiger partial charge in [0.2, 0.25) is 0 Å². The maximum absolute atomic E-state index is 13.0. The number of ketones is 1. The molecule has 2 aromatic carbocycles. The number of Topliss-reactive ketones (excluding diaryl/α,β-unsaturated/α-hetero) is 1. The smallest absolute Gasteiger partial charge is 0.295 e. The molecule has 31 heavy (non-hydrogen) atoms. The Morgan fingerprint density at radius 2 is 1.74 bits per heavy atom. The van der Waals surface area contributed by atoms with Gasteiger partial charge in [-0.1, -0.05) is 59.6 Å². The molecule has 164 valence electrons. The first-order valence-electron chi connectivity index (χ1n) is 10.3. The molecule has 1 amide bonds. The molecule has 0 bridgehead atoms. The van der Waals surface area contributed by atoms with E-state index in [4.69, 9.17) is 0 Å². The van der Waals surface area contributed by atoms with Crippen LogP contribution in [0.3, 0.4) is 0 Å². The average Bonchev–Trinajstić information content (AvgIpc) is 3.01. The van der Waals surface area contributed by atoms with Gasteiger partial charge in [0.15, 0.2) is 0 Å². The molecular weight excluding hydrogens is 460 g/mol. The quantitative estimate of drug-likeness (QED) is 0.347. The third-order valence-electron chi connectivity index (χ3n) is 5.70. The number of phenolic OH excluding ortho intramolecular Hbond substituents is 1. The highest BCUT2D eigenvalue weighted by Gasteiger charge is 2.46. The van der Waals surface area contributed by atoms with E-state index in [0.29, 0.717) is 17.6 Å². The van der Waals surface area contributed by atoms with E-state index >= 15 is 0 Å². The Kier molecular flexibility index (Phi) is 7.18. The second-order valence-electron chi connectivity index (χ2n) is 7.59. The third-order valence-corrected chi connectivity index (χ3v) is 6.19. The van der Waals surface area contributed by atoms with E-state index in [2.05, 4.69) is 20.8 Å². The maximum atomic E-state index is 13.0. The Labute approximate surface area is 190 Å². The molecule has 2 aromatic rings. The summed E-state index contributed by atoms with van der Waals surface area (Å²) in [5.41, 5.74) is 1.88. The fourth-order valence-corrected chi connectivity index (χ4v) is 4.20. The molecule has 1 heterocycles.